The van der Waals surface area contributed by atoms with Gasteiger partial charge in [-0.15, -0.1) is 0 Å². The van der Waals surface area contributed by atoms with Crippen molar-refractivity contribution in [3.8, 4) is 0 Å². The standard InChI is InChI=1S/C12H16ClN3O/c1-8-4-2-6-14-10(8)12(17)16-9-5-3-7-15-11(9)13/h3,5,7-8,10,14H,2,4,6H2,1H3,(H,16,17). The van der Waals surface area contributed by atoms with E-state index in [2.05, 4.69) is 22.5 Å². The number of aromatic nitrogens is 1. The number of hydrogen-bond acceptors (Lipinski definition) is 3. The monoisotopic (exact) mass is 253 g/mol. The van der Waals surface area contributed by atoms with Crippen molar-refractivity contribution in [1.82, 2.24) is 10.3 Å². The first-order valence-electron chi connectivity index (χ1n) is 5.83. The molecule has 0 aromatic carbocycles. The van der Waals surface area contributed by atoms with Crippen LogP contribution in [0.5, 0.6) is 0 Å². The highest BCUT2D eigenvalue weighted by atomic mass is 35.5. The molecule has 2 N–H and O–H groups in total. The van der Waals surface area contributed by atoms with Gasteiger partial charge in [0, 0.05) is 6.20 Å². The van der Waals surface area contributed by atoms with Crippen LogP contribution in [0.2, 0.25) is 5.15 Å². The predicted octanol–water partition coefficient (Wildman–Crippen LogP) is 2.06. The van der Waals surface area contributed by atoms with E-state index in [-0.39, 0.29) is 11.9 Å². The summed E-state index contributed by atoms with van der Waals surface area (Å²) in [6.07, 6.45) is 3.80. The Balaban J connectivity index is 2.03. The van der Waals surface area contributed by atoms with E-state index in [0.717, 1.165) is 19.4 Å². The van der Waals surface area contributed by atoms with Crippen LogP contribution in [-0.2, 0) is 4.79 Å². The van der Waals surface area contributed by atoms with E-state index in [9.17, 15) is 4.79 Å². The molecule has 0 aliphatic carbocycles. The van der Waals surface area contributed by atoms with E-state index >= 15 is 0 Å². The maximum absolute atomic E-state index is 12.1. The Morgan fingerprint density at radius 2 is 2.47 bits per heavy atom. The molecule has 2 unspecified atom stereocenters. The zero-order chi connectivity index (χ0) is 12.3. The van der Waals surface area contributed by atoms with Gasteiger partial charge in [-0.1, -0.05) is 18.5 Å². The molecule has 0 bridgehead atoms. The number of hydrogen-bond donors (Lipinski definition) is 2. The highest BCUT2D eigenvalue weighted by Gasteiger charge is 2.27. The molecular formula is C12H16ClN3O. The summed E-state index contributed by atoms with van der Waals surface area (Å²) in [6.45, 7) is 2.98. The van der Waals surface area contributed by atoms with Crippen molar-refractivity contribution in [1.29, 1.82) is 0 Å². The lowest BCUT2D eigenvalue weighted by atomic mass is 9.92. The second-order valence-electron chi connectivity index (χ2n) is 4.38. The van der Waals surface area contributed by atoms with Crippen molar-refractivity contribution in [3.05, 3.63) is 23.5 Å². The number of piperidine rings is 1. The topological polar surface area (TPSA) is 54.0 Å². The normalized spacial score (nSPS) is 24.4. The highest BCUT2D eigenvalue weighted by Crippen LogP contribution is 2.20. The van der Waals surface area contributed by atoms with Gasteiger partial charge in [-0.05, 0) is 37.4 Å². The fourth-order valence-corrected chi connectivity index (χ4v) is 2.26. The summed E-state index contributed by atoms with van der Waals surface area (Å²) in [5.41, 5.74) is 0.568. The van der Waals surface area contributed by atoms with Crippen LogP contribution in [-0.4, -0.2) is 23.5 Å². The van der Waals surface area contributed by atoms with Crippen LogP contribution < -0.4 is 10.6 Å². The first kappa shape index (κ1) is 12.3. The summed E-state index contributed by atoms with van der Waals surface area (Å²) in [5, 5.41) is 6.37. The number of rotatable bonds is 2. The molecule has 1 aromatic rings. The molecule has 1 fully saturated rings. The summed E-state index contributed by atoms with van der Waals surface area (Å²) in [5.74, 6) is 0.311. The molecule has 92 valence electrons. The van der Waals surface area contributed by atoms with Crippen molar-refractivity contribution in [2.24, 2.45) is 5.92 Å². The number of carbonyl (C=O) groups is 1. The molecule has 1 aliphatic heterocycles. The van der Waals surface area contributed by atoms with Crippen LogP contribution >= 0.6 is 11.6 Å². The van der Waals surface area contributed by atoms with Gasteiger partial charge >= 0.3 is 0 Å². The average Bonchev–Trinajstić information content (AvgIpc) is 2.32. The summed E-state index contributed by atoms with van der Waals surface area (Å²) in [7, 11) is 0. The molecule has 17 heavy (non-hydrogen) atoms. The molecule has 1 aromatic heterocycles. The van der Waals surface area contributed by atoms with Gasteiger partial charge in [0.1, 0.15) is 0 Å². The van der Waals surface area contributed by atoms with Crippen molar-refractivity contribution >= 4 is 23.2 Å². The summed E-state index contributed by atoms with van der Waals surface area (Å²) in [4.78, 5) is 16.0. The number of pyridine rings is 1. The van der Waals surface area contributed by atoms with Crippen LogP contribution in [0.3, 0.4) is 0 Å². The third kappa shape index (κ3) is 2.96. The summed E-state index contributed by atoms with van der Waals surface area (Å²) >= 11 is 5.90. The first-order chi connectivity index (χ1) is 8.18. The van der Waals surface area contributed by atoms with Gasteiger partial charge in [0.15, 0.2) is 5.15 Å². The minimum Gasteiger partial charge on any atom is -0.322 e. The van der Waals surface area contributed by atoms with Gasteiger partial charge in [-0.25, -0.2) is 4.98 Å². The third-order valence-corrected chi connectivity index (χ3v) is 3.37. The number of halogens is 1. The zero-order valence-electron chi connectivity index (χ0n) is 9.74. The Morgan fingerprint density at radius 1 is 1.65 bits per heavy atom. The predicted molar refractivity (Wildman–Crippen MR) is 68.1 cm³/mol. The second-order valence-corrected chi connectivity index (χ2v) is 4.74. The van der Waals surface area contributed by atoms with Crippen LogP contribution in [0.1, 0.15) is 19.8 Å². The van der Waals surface area contributed by atoms with Crippen molar-refractivity contribution in [3.63, 3.8) is 0 Å². The minimum atomic E-state index is -0.139. The smallest absolute Gasteiger partial charge is 0.241 e. The molecule has 0 spiro atoms. The summed E-state index contributed by atoms with van der Waals surface area (Å²) in [6, 6.07) is 3.36. The van der Waals surface area contributed by atoms with Crippen molar-refractivity contribution in [2.45, 2.75) is 25.8 Å². The van der Waals surface area contributed by atoms with E-state index < -0.39 is 0 Å². The van der Waals surface area contributed by atoms with E-state index in [4.69, 9.17) is 11.6 Å². The average molecular weight is 254 g/mol. The quantitative estimate of drug-likeness (QED) is 0.794. The molecule has 2 atom stereocenters. The fraction of sp³-hybridized carbons (Fsp3) is 0.500. The molecular weight excluding hydrogens is 238 g/mol. The first-order valence-corrected chi connectivity index (χ1v) is 6.21. The molecule has 0 radical (unpaired) electrons. The Morgan fingerprint density at radius 3 is 3.18 bits per heavy atom. The number of nitrogens with zero attached hydrogens (tertiary/aromatic N) is 1. The minimum absolute atomic E-state index is 0.0351. The maximum Gasteiger partial charge on any atom is 0.241 e. The van der Waals surface area contributed by atoms with Crippen LogP contribution in [0.25, 0.3) is 0 Å². The Bertz CT molecular complexity index is 410. The van der Waals surface area contributed by atoms with Crippen LogP contribution in [0.15, 0.2) is 18.3 Å². The van der Waals surface area contributed by atoms with E-state index in [1.807, 2.05) is 0 Å². The van der Waals surface area contributed by atoms with E-state index in [1.165, 1.54) is 0 Å². The van der Waals surface area contributed by atoms with Crippen LogP contribution in [0, 0.1) is 5.92 Å². The molecule has 2 rings (SSSR count). The fourth-order valence-electron chi connectivity index (χ4n) is 2.09. The largest absolute Gasteiger partial charge is 0.322 e. The number of amides is 1. The van der Waals surface area contributed by atoms with E-state index in [1.54, 1.807) is 18.3 Å². The van der Waals surface area contributed by atoms with Gasteiger partial charge in [0.05, 0.1) is 11.7 Å². The lowest BCUT2D eigenvalue weighted by molar-refractivity contribution is -0.119. The zero-order valence-corrected chi connectivity index (χ0v) is 10.5. The molecule has 5 heteroatoms. The second kappa shape index (κ2) is 5.47. The molecule has 1 amide bonds. The molecule has 0 saturated carbocycles. The number of anilines is 1. The Labute approximate surface area is 106 Å². The maximum atomic E-state index is 12.1. The van der Waals surface area contributed by atoms with Gasteiger partial charge in [0.2, 0.25) is 5.91 Å². The van der Waals surface area contributed by atoms with Crippen LogP contribution in [0.4, 0.5) is 5.69 Å². The van der Waals surface area contributed by atoms with Gasteiger partial charge in [-0.3, -0.25) is 4.79 Å². The third-order valence-electron chi connectivity index (χ3n) is 3.07. The SMILES string of the molecule is CC1CCCNC1C(=O)Nc1cccnc1Cl. The lowest BCUT2D eigenvalue weighted by Gasteiger charge is -2.28. The Kier molecular flexibility index (Phi) is 3.97. The Hall–Kier alpha value is -1.13. The molecule has 2 heterocycles. The molecule has 4 nitrogen and oxygen atoms in total. The molecule has 1 aliphatic rings. The number of carbonyl (C=O) groups excluding carboxylic acids is 1. The van der Waals surface area contributed by atoms with Gasteiger partial charge in [0.25, 0.3) is 0 Å². The van der Waals surface area contributed by atoms with Crippen molar-refractivity contribution in [2.75, 3.05) is 11.9 Å². The van der Waals surface area contributed by atoms with Gasteiger partial charge in [-0.2, -0.15) is 0 Å². The lowest BCUT2D eigenvalue weighted by Crippen LogP contribution is -2.48. The highest BCUT2D eigenvalue weighted by molar-refractivity contribution is 6.32. The van der Waals surface area contributed by atoms with Crippen molar-refractivity contribution < 1.29 is 4.79 Å². The number of nitrogens with one attached hydrogen (secondary N) is 2. The summed E-state index contributed by atoms with van der Waals surface area (Å²) < 4.78 is 0. The molecule has 1 saturated heterocycles. The van der Waals surface area contributed by atoms with E-state index in [0.29, 0.717) is 16.8 Å². The van der Waals surface area contributed by atoms with Gasteiger partial charge < -0.3 is 10.6 Å².